The summed E-state index contributed by atoms with van der Waals surface area (Å²) < 4.78 is 37.3. The maximum Gasteiger partial charge on any atom is 0.412 e. The Hall–Kier alpha value is -0.550. The molecule has 0 aromatic heterocycles. The Morgan fingerprint density at radius 1 is 1.21 bits per heavy atom. The molecule has 0 radical (unpaired) electrons. The Morgan fingerprint density at radius 2 is 2.00 bits per heavy atom. The van der Waals surface area contributed by atoms with Gasteiger partial charge in [0.1, 0.15) is 0 Å². The van der Waals surface area contributed by atoms with E-state index < -0.39 is 6.18 Å². The monoisotopic (exact) mass is 276 g/mol. The van der Waals surface area contributed by atoms with Gasteiger partial charge < -0.3 is 5.32 Å². The Kier molecular flexibility index (Phi) is 5.28. The van der Waals surface area contributed by atoms with Crippen LogP contribution in [0.5, 0.6) is 0 Å². The number of nitrogens with one attached hydrogen (secondary N) is 1. The summed E-state index contributed by atoms with van der Waals surface area (Å²) in [6.07, 6.45) is 3.43. The van der Waals surface area contributed by atoms with E-state index in [1.807, 2.05) is 0 Å². The van der Waals surface area contributed by atoms with Crippen LogP contribution in [0.15, 0.2) is 11.6 Å². The Morgan fingerprint density at radius 3 is 2.58 bits per heavy atom. The van der Waals surface area contributed by atoms with Crippen molar-refractivity contribution in [1.29, 1.82) is 0 Å². The van der Waals surface area contributed by atoms with Crippen molar-refractivity contribution in [3.05, 3.63) is 11.6 Å². The van der Waals surface area contributed by atoms with E-state index in [9.17, 15) is 13.2 Å². The third-order valence-electron chi connectivity index (χ3n) is 3.82. The molecule has 0 aromatic rings. The van der Waals surface area contributed by atoms with Crippen LogP contribution >= 0.6 is 0 Å². The molecular weight excluding hydrogens is 253 g/mol. The SMILES string of the molecule is FC(F)(F)C1=CCN(CCCCCNC2CC2)CC1. The third-order valence-corrected chi connectivity index (χ3v) is 3.82. The number of unbranched alkanes of at least 4 members (excludes halogenated alkanes) is 2. The van der Waals surface area contributed by atoms with Crippen LogP contribution in [-0.4, -0.2) is 43.3 Å². The highest BCUT2D eigenvalue weighted by Gasteiger charge is 2.34. The number of hydrogen-bond acceptors (Lipinski definition) is 2. The van der Waals surface area contributed by atoms with E-state index in [0.717, 1.165) is 32.0 Å². The van der Waals surface area contributed by atoms with Crippen LogP contribution in [0.4, 0.5) is 13.2 Å². The van der Waals surface area contributed by atoms with Gasteiger partial charge in [0.25, 0.3) is 0 Å². The smallest absolute Gasteiger partial charge is 0.314 e. The first-order valence-electron chi connectivity index (χ1n) is 7.27. The van der Waals surface area contributed by atoms with Crippen molar-refractivity contribution < 1.29 is 13.2 Å². The standard InChI is InChI=1S/C14H23F3N2/c15-14(16,17)12-6-10-19(11-7-12)9-3-1-2-8-18-13-4-5-13/h6,13,18H,1-5,7-11H2. The summed E-state index contributed by atoms with van der Waals surface area (Å²) in [5, 5.41) is 3.47. The van der Waals surface area contributed by atoms with Crippen molar-refractivity contribution in [3.63, 3.8) is 0 Å². The molecule has 2 rings (SSSR count). The number of hydrogen-bond donors (Lipinski definition) is 1. The minimum atomic E-state index is -4.12. The molecule has 2 aliphatic rings. The molecule has 5 heteroatoms. The van der Waals surface area contributed by atoms with Crippen LogP contribution in [0.3, 0.4) is 0 Å². The normalized spacial score (nSPS) is 21.5. The van der Waals surface area contributed by atoms with Gasteiger partial charge in [-0.3, -0.25) is 4.90 Å². The van der Waals surface area contributed by atoms with Crippen molar-refractivity contribution in [2.24, 2.45) is 0 Å². The lowest BCUT2D eigenvalue weighted by Crippen LogP contribution is -2.32. The van der Waals surface area contributed by atoms with Crippen molar-refractivity contribution in [1.82, 2.24) is 10.2 Å². The molecule has 1 saturated carbocycles. The van der Waals surface area contributed by atoms with Crippen molar-refractivity contribution in [2.75, 3.05) is 26.2 Å². The fraction of sp³-hybridized carbons (Fsp3) is 0.857. The van der Waals surface area contributed by atoms with Crippen molar-refractivity contribution >= 4 is 0 Å². The van der Waals surface area contributed by atoms with Gasteiger partial charge >= 0.3 is 6.18 Å². The Balaban J connectivity index is 1.51. The molecule has 1 N–H and O–H groups in total. The molecule has 110 valence electrons. The van der Waals surface area contributed by atoms with E-state index in [2.05, 4.69) is 10.2 Å². The minimum absolute atomic E-state index is 0.146. The van der Waals surface area contributed by atoms with Gasteiger partial charge in [-0.15, -0.1) is 0 Å². The zero-order chi connectivity index (χ0) is 13.7. The van der Waals surface area contributed by atoms with Crippen molar-refractivity contribution in [2.45, 2.75) is 50.7 Å². The number of rotatable bonds is 7. The summed E-state index contributed by atoms with van der Waals surface area (Å²) in [6, 6.07) is 0.771. The van der Waals surface area contributed by atoms with Crippen LogP contribution in [0.1, 0.15) is 38.5 Å². The van der Waals surface area contributed by atoms with Crippen LogP contribution < -0.4 is 5.32 Å². The quantitative estimate of drug-likeness (QED) is 0.568. The van der Waals surface area contributed by atoms with E-state index in [-0.39, 0.29) is 12.0 Å². The lowest BCUT2D eigenvalue weighted by atomic mass is 10.1. The highest BCUT2D eigenvalue weighted by Crippen LogP contribution is 2.30. The second-order valence-corrected chi connectivity index (χ2v) is 5.57. The number of alkyl halides is 3. The van der Waals surface area contributed by atoms with Gasteiger partial charge in [0.15, 0.2) is 0 Å². The first-order chi connectivity index (χ1) is 9.05. The van der Waals surface area contributed by atoms with Crippen LogP contribution in [0.25, 0.3) is 0 Å². The summed E-state index contributed by atoms with van der Waals surface area (Å²) in [6.45, 7) is 3.01. The summed E-state index contributed by atoms with van der Waals surface area (Å²) in [5.41, 5.74) is -0.350. The lowest BCUT2D eigenvalue weighted by molar-refractivity contribution is -0.0960. The predicted molar refractivity (Wildman–Crippen MR) is 70.1 cm³/mol. The van der Waals surface area contributed by atoms with Gasteiger partial charge in [-0.2, -0.15) is 13.2 Å². The average molecular weight is 276 g/mol. The molecule has 1 aliphatic carbocycles. The van der Waals surface area contributed by atoms with Crippen molar-refractivity contribution in [3.8, 4) is 0 Å². The molecule has 0 atom stereocenters. The van der Waals surface area contributed by atoms with Gasteiger partial charge in [-0.25, -0.2) is 0 Å². The molecule has 1 fully saturated rings. The number of halogens is 3. The van der Waals surface area contributed by atoms with Gasteiger partial charge in [0.05, 0.1) is 0 Å². The molecule has 1 heterocycles. The molecule has 0 amide bonds. The summed E-state index contributed by atoms with van der Waals surface area (Å²) in [4.78, 5) is 2.11. The predicted octanol–water partition coefficient (Wildman–Crippen LogP) is 3.10. The van der Waals surface area contributed by atoms with E-state index >= 15 is 0 Å². The van der Waals surface area contributed by atoms with Gasteiger partial charge in [0.2, 0.25) is 0 Å². The summed E-state index contributed by atoms with van der Waals surface area (Å²) in [7, 11) is 0. The maximum absolute atomic E-state index is 12.4. The van der Waals surface area contributed by atoms with Gasteiger partial charge in [-0.1, -0.05) is 12.5 Å². The maximum atomic E-state index is 12.4. The summed E-state index contributed by atoms with van der Waals surface area (Å²) >= 11 is 0. The van der Waals surface area contributed by atoms with E-state index in [1.54, 1.807) is 0 Å². The van der Waals surface area contributed by atoms with Gasteiger partial charge in [0, 0.05) is 24.7 Å². The van der Waals surface area contributed by atoms with Crippen LogP contribution in [-0.2, 0) is 0 Å². The Bertz CT molecular complexity index is 308. The molecule has 0 bridgehead atoms. The topological polar surface area (TPSA) is 15.3 Å². The van der Waals surface area contributed by atoms with Crippen LogP contribution in [0, 0.1) is 0 Å². The molecule has 2 nitrogen and oxygen atoms in total. The lowest BCUT2D eigenvalue weighted by Gasteiger charge is -2.27. The summed E-state index contributed by atoms with van der Waals surface area (Å²) in [5.74, 6) is 0. The fourth-order valence-corrected chi connectivity index (χ4v) is 2.40. The fourth-order valence-electron chi connectivity index (χ4n) is 2.40. The van der Waals surface area contributed by atoms with E-state index in [4.69, 9.17) is 0 Å². The highest BCUT2D eigenvalue weighted by atomic mass is 19.4. The molecule has 0 unspecified atom stereocenters. The molecule has 0 spiro atoms. The zero-order valence-corrected chi connectivity index (χ0v) is 11.3. The zero-order valence-electron chi connectivity index (χ0n) is 11.3. The molecule has 0 saturated heterocycles. The molecule has 19 heavy (non-hydrogen) atoms. The first kappa shape index (κ1) is 14.9. The minimum Gasteiger partial charge on any atom is -0.314 e. The Labute approximate surface area is 113 Å². The largest absolute Gasteiger partial charge is 0.412 e. The number of nitrogens with zero attached hydrogens (tertiary/aromatic N) is 1. The molecular formula is C14H23F3N2. The van der Waals surface area contributed by atoms with Crippen LogP contribution in [0.2, 0.25) is 0 Å². The van der Waals surface area contributed by atoms with E-state index in [0.29, 0.717) is 13.1 Å². The highest BCUT2D eigenvalue weighted by molar-refractivity contribution is 5.12. The molecule has 0 aromatic carbocycles. The van der Waals surface area contributed by atoms with E-state index in [1.165, 1.54) is 25.3 Å². The van der Waals surface area contributed by atoms with Gasteiger partial charge in [-0.05, 0) is 45.2 Å². The first-order valence-corrected chi connectivity index (χ1v) is 7.27. The second-order valence-electron chi connectivity index (χ2n) is 5.57. The molecule has 1 aliphatic heterocycles. The third kappa shape index (κ3) is 5.53. The second kappa shape index (κ2) is 6.75. The average Bonchev–Trinajstić information content (AvgIpc) is 3.17.